The highest BCUT2D eigenvalue weighted by atomic mass is 16.2. The predicted molar refractivity (Wildman–Crippen MR) is 63.5 cm³/mol. The molecule has 0 aromatic heterocycles. The van der Waals surface area contributed by atoms with Crippen molar-refractivity contribution in [1.29, 1.82) is 0 Å². The first kappa shape index (κ1) is 11.3. The van der Waals surface area contributed by atoms with E-state index in [1.165, 1.54) is 6.42 Å². The molecule has 88 valence electrons. The molecule has 1 amide bonds. The highest BCUT2D eigenvalue weighted by Gasteiger charge is 2.46. The normalized spacial score (nSPS) is 32.6. The maximum Gasteiger partial charge on any atom is 0.225 e. The molecule has 2 fully saturated rings. The third kappa shape index (κ3) is 1.77. The molecule has 3 atom stereocenters. The molecule has 0 aromatic carbocycles. The molecule has 0 aliphatic carbocycles. The lowest BCUT2D eigenvalue weighted by atomic mass is 9.91. The maximum absolute atomic E-state index is 11.9. The number of rotatable bonds is 1. The quantitative estimate of drug-likeness (QED) is 0.676. The van der Waals surface area contributed by atoms with Gasteiger partial charge in [0.1, 0.15) is 0 Å². The van der Waals surface area contributed by atoms with E-state index in [1.807, 2.05) is 20.8 Å². The Kier molecular flexibility index (Phi) is 2.61. The second kappa shape index (κ2) is 3.69. The van der Waals surface area contributed by atoms with Gasteiger partial charge in [-0.2, -0.15) is 0 Å². The van der Waals surface area contributed by atoms with Crippen LogP contribution < -0.4 is 5.32 Å². The Morgan fingerprint density at radius 3 is 2.62 bits per heavy atom. The summed E-state index contributed by atoms with van der Waals surface area (Å²) >= 11 is 0. The minimum absolute atomic E-state index is 0.127. The van der Waals surface area contributed by atoms with Gasteiger partial charge < -0.3 is 10.2 Å². The highest BCUT2D eigenvalue weighted by molar-refractivity contribution is 5.81. The Morgan fingerprint density at radius 1 is 1.44 bits per heavy atom. The van der Waals surface area contributed by atoms with E-state index < -0.39 is 0 Å². The molecule has 0 radical (unpaired) electrons. The molecular formula is C13H20N2O. The number of carbonyl (C=O) groups is 1. The van der Waals surface area contributed by atoms with Crippen LogP contribution in [0.2, 0.25) is 0 Å². The van der Waals surface area contributed by atoms with Crippen molar-refractivity contribution in [1.82, 2.24) is 10.2 Å². The molecular weight excluding hydrogens is 200 g/mol. The van der Waals surface area contributed by atoms with Crippen molar-refractivity contribution >= 4 is 5.91 Å². The lowest BCUT2D eigenvalue weighted by molar-refractivity contribution is -0.129. The van der Waals surface area contributed by atoms with Crippen LogP contribution in [0.3, 0.4) is 0 Å². The van der Waals surface area contributed by atoms with Gasteiger partial charge in [0.05, 0.1) is 12.1 Å². The van der Waals surface area contributed by atoms with Gasteiger partial charge in [0.25, 0.3) is 0 Å². The van der Waals surface area contributed by atoms with E-state index >= 15 is 0 Å². The molecule has 1 N–H and O–H groups in total. The molecule has 0 spiro atoms. The average Bonchev–Trinajstić information content (AvgIpc) is 2.72. The molecule has 3 heteroatoms. The summed E-state index contributed by atoms with van der Waals surface area (Å²) in [6.07, 6.45) is 8.80. The number of carbonyl (C=O) groups excluding carboxylic acids is 1. The van der Waals surface area contributed by atoms with Gasteiger partial charge in [-0.1, -0.05) is 27.2 Å². The van der Waals surface area contributed by atoms with Crippen LogP contribution in [0.15, 0.2) is 0 Å². The summed E-state index contributed by atoms with van der Waals surface area (Å²) in [5.74, 6) is 0.127. The summed E-state index contributed by atoms with van der Waals surface area (Å²) in [7, 11) is 0. The third-order valence-corrected chi connectivity index (χ3v) is 3.68. The van der Waals surface area contributed by atoms with E-state index in [4.69, 9.17) is 6.42 Å². The number of hydrogen-bond donors (Lipinski definition) is 1. The Bertz CT molecular complexity index is 337. The number of fused-ring (bicyclic) bond motifs is 2. The van der Waals surface area contributed by atoms with Gasteiger partial charge >= 0.3 is 0 Å². The fourth-order valence-corrected chi connectivity index (χ4v) is 2.73. The van der Waals surface area contributed by atoms with Gasteiger partial charge in [-0.25, -0.2) is 0 Å². The first-order valence-corrected chi connectivity index (χ1v) is 5.99. The van der Waals surface area contributed by atoms with Crippen LogP contribution in [0.4, 0.5) is 0 Å². The predicted octanol–water partition coefficient (Wildman–Crippen LogP) is 1.34. The SMILES string of the molecule is C#CN1C2CCC1C(NC(=O)C(C)(C)C)C2. The zero-order valence-electron chi connectivity index (χ0n) is 10.3. The fourth-order valence-electron chi connectivity index (χ4n) is 2.73. The summed E-state index contributed by atoms with van der Waals surface area (Å²) < 4.78 is 0. The minimum Gasteiger partial charge on any atom is -0.351 e. The second-order valence-corrected chi connectivity index (χ2v) is 5.90. The van der Waals surface area contributed by atoms with Gasteiger partial charge in [-0.15, -0.1) is 0 Å². The summed E-state index contributed by atoms with van der Waals surface area (Å²) in [6, 6.07) is 3.85. The second-order valence-electron chi connectivity index (χ2n) is 5.90. The van der Waals surface area contributed by atoms with E-state index in [2.05, 4.69) is 16.3 Å². The van der Waals surface area contributed by atoms with Crippen molar-refractivity contribution in [2.45, 2.75) is 58.2 Å². The molecule has 0 saturated carbocycles. The summed E-state index contributed by atoms with van der Waals surface area (Å²) in [5, 5.41) is 3.14. The van der Waals surface area contributed by atoms with E-state index in [0.717, 1.165) is 12.8 Å². The Hall–Kier alpha value is -1.17. The van der Waals surface area contributed by atoms with Gasteiger partial charge in [0.15, 0.2) is 0 Å². The lowest BCUT2D eigenvalue weighted by Gasteiger charge is -2.26. The van der Waals surface area contributed by atoms with Crippen molar-refractivity contribution in [3.8, 4) is 12.5 Å². The number of amides is 1. The lowest BCUT2D eigenvalue weighted by Crippen LogP contribution is -2.47. The highest BCUT2D eigenvalue weighted by Crippen LogP contribution is 2.37. The summed E-state index contributed by atoms with van der Waals surface area (Å²) in [5.41, 5.74) is -0.317. The van der Waals surface area contributed by atoms with E-state index in [1.54, 1.807) is 0 Å². The molecule has 3 nitrogen and oxygen atoms in total. The van der Waals surface area contributed by atoms with Crippen LogP contribution >= 0.6 is 0 Å². The molecule has 2 bridgehead atoms. The molecule has 0 aromatic rings. The van der Waals surface area contributed by atoms with Crippen LogP contribution in [-0.2, 0) is 4.79 Å². The molecule has 3 unspecified atom stereocenters. The van der Waals surface area contributed by atoms with Crippen molar-refractivity contribution < 1.29 is 4.79 Å². The number of nitrogens with zero attached hydrogens (tertiary/aromatic N) is 1. The summed E-state index contributed by atoms with van der Waals surface area (Å²) in [4.78, 5) is 14.0. The van der Waals surface area contributed by atoms with Gasteiger partial charge in [-0.3, -0.25) is 4.79 Å². The van der Waals surface area contributed by atoms with Crippen LogP contribution in [0.1, 0.15) is 40.0 Å². The smallest absolute Gasteiger partial charge is 0.225 e. The maximum atomic E-state index is 11.9. The molecule has 2 aliphatic rings. The molecule has 16 heavy (non-hydrogen) atoms. The van der Waals surface area contributed by atoms with Gasteiger partial charge in [-0.05, 0) is 19.3 Å². The first-order chi connectivity index (χ1) is 7.43. The fraction of sp³-hybridized carbons (Fsp3) is 0.769. The van der Waals surface area contributed by atoms with Crippen LogP contribution in [0, 0.1) is 17.9 Å². The van der Waals surface area contributed by atoms with Crippen molar-refractivity contribution in [3.05, 3.63) is 0 Å². The zero-order chi connectivity index (χ0) is 11.9. The molecule has 2 heterocycles. The van der Waals surface area contributed by atoms with Crippen molar-refractivity contribution in [3.63, 3.8) is 0 Å². The number of terminal acetylenes is 1. The van der Waals surface area contributed by atoms with Crippen LogP contribution in [0.5, 0.6) is 0 Å². The van der Waals surface area contributed by atoms with Crippen LogP contribution in [0.25, 0.3) is 0 Å². The molecule has 2 aliphatic heterocycles. The van der Waals surface area contributed by atoms with E-state index in [-0.39, 0.29) is 17.4 Å². The topological polar surface area (TPSA) is 32.3 Å². The van der Waals surface area contributed by atoms with E-state index in [0.29, 0.717) is 12.1 Å². The van der Waals surface area contributed by atoms with E-state index in [9.17, 15) is 4.79 Å². The largest absolute Gasteiger partial charge is 0.351 e. The van der Waals surface area contributed by atoms with Gasteiger partial charge in [0.2, 0.25) is 5.91 Å². The Balaban J connectivity index is 2.00. The number of hydrogen-bond acceptors (Lipinski definition) is 2. The zero-order valence-corrected chi connectivity index (χ0v) is 10.3. The average molecular weight is 220 g/mol. The Labute approximate surface area is 97.6 Å². The number of nitrogens with one attached hydrogen (secondary N) is 1. The minimum atomic E-state index is -0.317. The monoisotopic (exact) mass is 220 g/mol. The third-order valence-electron chi connectivity index (χ3n) is 3.68. The van der Waals surface area contributed by atoms with Gasteiger partial charge in [0, 0.05) is 17.5 Å². The van der Waals surface area contributed by atoms with Crippen LogP contribution in [-0.4, -0.2) is 28.9 Å². The summed E-state index contributed by atoms with van der Waals surface area (Å²) in [6.45, 7) is 5.82. The Morgan fingerprint density at radius 2 is 2.12 bits per heavy atom. The molecule has 2 rings (SSSR count). The standard InChI is InChI=1S/C13H20N2O/c1-5-15-9-6-7-11(15)10(8-9)14-12(16)13(2,3)4/h1,9-11H,6-8H2,2-4H3,(H,14,16). The first-order valence-electron chi connectivity index (χ1n) is 5.99. The van der Waals surface area contributed by atoms with Crippen molar-refractivity contribution in [2.75, 3.05) is 0 Å². The molecule has 2 saturated heterocycles. The van der Waals surface area contributed by atoms with Crippen molar-refractivity contribution in [2.24, 2.45) is 5.41 Å².